The molecule has 6 heteroatoms. The largest absolute Gasteiger partial charge is 0.507 e. The molecule has 3 rings (SSSR count). The average Bonchev–Trinajstić information content (AvgIpc) is 2.75. The number of aromatic hydroxyl groups is 1. The Morgan fingerprint density at radius 2 is 1.76 bits per heavy atom. The third-order valence-corrected chi connectivity index (χ3v) is 6.64. The number of aryl methyl sites for hydroxylation is 1. The first kappa shape index (κ1) is 24.9. The van der Waals surface area contributed by atoms with Gasteiger partial charge in [0.05, 0.1) is 18.8 Å². The normalized spacial score (nSPS) is 25.0. The van der Waals surface area contributed by atoms with Crippen LogP contribution in [0, 0.1) is 18.8 Å². The molecule has 1 fully saturated rings. The van der Waals surface area contributed by atoms with Crippen molar-refractivity contribution in [2.75, 3.05) is 0 Å². The summed E-state index contributed by atoms with van der Waals surface area (Å²) in [4.78, 5) is 24.0. The van der Waals surface area contributed by atoms with Crippen molar-refractivity contribution in [2.45, 2.75) is 72.9 Å². The zero-order valence-corrected chi connectivity index (χ0v) is 20.3. The zero-order chi connectivity index (χ0) is 24.3. The number of phenolic OH excluding ortho intramolecular Hbond substituents is 1. The van der Waals surface area contributed by atoms with Crippen LogP contribution in [0.15, 0.2) is 36.4 Å². The summed E-state index contributed by atoms with van der Waals surface area (Å²) in [5.41, 5.74) is 2.20. The highest BCUT2D eigenvalue weighted by molar-refractivity contribution is 6.00. The molecule has 2 aromatic rings. The second-order valence-corrected chi connectivity index (χ2v) is 8.96. The molecule has 5 unspecified atom stereocenters. The van der Waals surface area contributed by atoms with Crippen molar-refractivity contribution in [3.05, 3.63) is 58.7 Å². The van der Waals surface area contributed by atoms with Crippen LogP contribution in [0.4, 0.5) is 0 Å². The zero-order valence-electron chi connectivity index (χ0n) is 20.3. The highest BCUT2D eigenvalue weighted by Crippen LogP contribution is 2.47. The van der Waals surface area contributed by atoms with Gasteiger partial charge in [0, 0.05) is 12.5 Å². The lowest BCUT2D eigenvalue weighted by Gasteiger charge is -2.45. The highest BCUT2D eigenvalue weighted by atomic mass is 16.6. The minimum atomic E-state index is -0.575. The molecular weight excluding hydrogens is 420 g/mol. The summed E-state index contributed by atoms with van der Waals surface area (Å²) < 4.78 is 18.2. The Hall–Kier alpha value is -2.70. The number of rotatable bonds is 7. The molecule has 5 atom stereocenters. The van der Waals surface area contributed by atoms with E-state index in [0.29, 0.717) is 17.7 Å². The molecule has 0 spiro atoms. The fraction of sp³-hybridized carbons (Fsp3) is 0.481. The summed E-state index contributed by atoms with van der Waals surface area (Å²) in [6.45, 7) is 11.2. The van der Waals surface area contributed by atoms with Crippen LogP contribution in [0.2, 0.25) is 0 Å². The highest BCUT2D eigenvalue weighted by Gasteiger charge is 2.44. The Morgan fingerprint density at radius 1 is 1.09 bits per heavy atom. The molecule has 0 radical (unpaired) electrons. The third-order valence-electron chi connectivity index (χ3n) is 6.64. The minimum absolute atomic E-state index is 0.0180. The topological polar surface area (TPSA) is 82.1 Å². The first-order valence-corrected chi connectivity index (χ1v) is 11.5. The van der Waals surface area contributed by atoms with Gasteiger partial charge in [-0.15, -0.1) is 0 Å². The van der Waals surface area contributed by atoms with E-state index in [4.69, 9.17) is 14.2 Å². The summed E-state index contributed by atoms with van der Waals surface area (Å²) in [5.74, 6) is -0.716. The van der Waals surface area contributed by atoms with Gasteiger partial charge in [0.1, 0.15) is 23.2 Å². The molecule has 1 heterocycles. The minimum Gasteiger partial charge on any atom is -0.507 e. The van der Waals surface area contributed by atoms with Crippen molar-refractivity contribution in [3.63, 3.8) is 0 Å². The van der Waals surface area contributed by atoms with Gasteiger partial charge in [0.15, 0.2) is 5.78 Å². The lowest BCUT2D eigenvalue weighted by Crippen LogP contribution is -2.46. The molecule has 0 amide bonds. The van der Waals surface area contributed by atoms with Crippen LogP contribution in [-0.2, 0) is 20.9 Å². The monoisotopic (exact) mass is 454 g/mol. The number of hydrogen-bond acceptors (Lipinski definition) is 6. The van der Waals surface area contributed by atoms with Gasteiger partial charge in [-0.2, -0.15) is 0 Å². The van der Waals surface area contributed by atoms with Gasteiger partial charge in [-0.05, 0) is 49.3 Å². The summed E-state index contributed by atoms with van der Waals surface area (Å²) in [5, 5.41) is 11.3. The first-order valence-electron chi connectivity index (χ1n) is 11.5. The molecule has 33 heavy (non-hydrogen) atoms. The van der Waals surface area contributed by atoms with Crippen molar-refractivity contribution >= 4 is 11.8 Å². The fourth-order valence-electron chi connectivity index (χ4n) is 4.73. The summed E-state index contributed by atoms with van der Waals surface area (Å²) in [6.07, 6.45) is -0.117. The van der Waals surface area contributed by atoms with E-state index in [-0.39, 0.29) is 41.1 Å². The number of esters is 1. The number of carbonyl (C=O) groups is 2. The van der Waals surface area contributed by atoms with Crippen LogP contribution in [0.5, 0.6) is 11.5 Å². The summed E-state index contributed by atoms with van der Waals surface area (Å²) in [6, 6.07) is 11.5. The number of ketones is 1. The van der Waals surface area contributed by atoms with Crippen LogP contribution in [0.3, 0.4) is 0 Å². The number of benzene rings is 2. The van der Waals surface area contributed by atoms with E-state index in [2.05, 4.69) is 20.8 Å². The molecular formula is C27H34O6. The number of hydrogen-bond donors (Lipinski definition) is 1. The SMILES string of the molecule is CCC1OC(c2c(C)cc(OC(C)=O)c(C(C)=O)c2O)C(OCc2ccccc2)C(C)C1C. The van der Waals surface area contributed by atoms with Crippen molar-refractivity contribution in [1.82, 2.24) is 0 Å². The maximum Gasteiger partial charge on any atom is 0.308 e. The third kappa shape index (κ3) is 5.28. The molecule has 1 saturated heterocycles. The van der Waals surface area contributed by atoms with Crippen LogP contribution in [0.25, 0.3) is 0 Å². The van der Waals surface area contributed by atoms with Crippen LogP contribution < -0.4 is 4.74 Å². The van der Waals surface area contributed by atoms with Crippen LogP contribution >= 0.6 is 0 Å². The second kappa shape index (κ2) is 10.5. The molecule has 0 bridgehead atoms. The lowest BCUT2D eigenvalue weighted by molar-refractivity contribution is -0.194. The number of Topliss-reactive ketones (excluding diaryl/α,β-unsaturated/α-hetero) is 1. The van der Waals surface area contributed by atoms with Gasteiger partial charge in [-0.3, -0.25) is 9.59 Å². The molecule has 1 aliphatic heterocycles. The Bertz CT molecular complexity index is 999. The Labute approximate surface area is 195 Å². The van der Waals surface area contributed by atoms with Crippen LogP contribution in [0.1, 0.15) is 74.2 Å². The summed E-state index contributed by atoms with van der Waals surface area (Å²) >= 11 is 0. The Balaban J connectivity index is 2.07. The van der Waals surface area contributed by atoms with Gasteiger partial charge < -0.3 is 19.3 Å². The maximum atomic E-state index is 12.4. The Kier molecular flexibility index (Phi) is 7.92. The lowest BCUT2D eigenvalue weighted by atomic mass is 9.77. The standard InChI is InChI=1S/C27H34O6/c1-7-21-16(3)17(4)26(31-14-20-11-9-8-10-12-20)27(33-21)23-15(2)13-22(32-19(6)29)24(18(5)28)25(23)30/h8-13,16-17,21,26-27,30H,7,14H2,1-6H3. The van der Waals surface area contributed by atoms with Crippen molar-refractivity contribution in [3.8, 4) is 11.5 Å². The molecule has 178 valence electrons. The van der Waals surface area contributed by atoms with E-state index in [9.17, 15) is 14.7 Å². The molecule has 1 aliphatic rings. The van der Waals surface area contributed by atoms with E-state index < -0.39 is 17.9 Å². The van der Waals surface area contributed by atoms with E-state index >= 15 is 0 Å². The molecule has 0 aliphatic carbocycles. The predicted molar refractivity (Wildman–Crippen MR) is 125 cm³/mol. The van der Waals surface area contributed by atoms with Crippen LogP contribution in [-0.4, -0.2) is 29.1 Å². The van der Waals surface area contributed by atoms with E-state index in [1.54, 1.807) is 6.07 Å². The van der Waals surface area contributed by atoms with E-state index in [1.807, 2.05) is 37.3 Å². The summed E-state index contributed by atoms with van der Waals surface area (Å²) in [7, 11) is 0. The van der Waals surface area contributed by atoms with Crippen molar-refractivity contribution in [1.29, 1.82) is 0 Å². The molecule has 0 saturated carbocycles. The van der Waals surface area contributed by atoms with E-state index in [0.717, 1.165) is 12.0 Å². The van der Waals surface area contributed by atoms with Crippen molar-refractivity contribution in [2.24, 2.45) is 11.8 Å². The number of carbonyl (C=O) groups excluding carboxylic acids is 2. The van der Waals surface area contributed by atoms with Gasteiger partial charge in [-0.1, -0.05) is 51.1 Å². The predicted octanol–water partition coefficient (Wildman–Crippen LogP) is 5.54. The number of phenols is 1. The molecule has 2 aromatic carbocycles. The first-order chi connectivity index (χ1) is 15.6. The molecule has 1 N–H and O–H groups in total. The van der Waals surface area contributed by atoms with Gasteiger partial charge in [-0.25, -0.2) is 0 Å². The second-order valence-electron chi connectivity index (χ2n) is 8.96. The van der Waals surface area contributed by atoms with E-state index in [1.165, 1.54) is 13.8 Å². The average molecular weight is 455 g/mol. The van der Waals surface area contributed by atoms with Gasteiger partial charge in [0.2, 0.25) is 0 Å². The van der Waals surface area contributed by atoms with Gasteiger partial charge >= 0.3 is 5.97 Å². The number of ether oxygens (including phenoxy) is 3. The quantitative estimate of drug-likeness (QED) is 0.336. The fourth-order valence-corrected chi connectivity index (χ4v) is 4.73. The van der Waals surface area contributed by atoms with Crippen molar-refractivity contribution < 1.29 is 28.9 Å². The molecule has 0 aromatic heterocycles. The van der Waals surface area contributed by atoms with Gasteiger partial charge in [0.25, 0.3) is 0 Å². The Morgan fingerprint density at radius 3 is 2.33 bits per heavy atom. The maximum absolute atomic E-state index is 12.4. The molecule has 6 nitrogen and oxygen atoms in total. The smallest absolute Gasteiger partial charge is 0.308 e.